The van der Waals surface area contributed by atoms with Crippen LogP contribution in [0.2, 0.25) is 0 Å². The van der Waals surface area contributed by atoms with Gasteiger partial charge in [-0.2, -0.15) is 0 Å². The lowest BCUT2D eigenvalue weighted by Gasteiger charge is -2.19. The normalized spacial score (nSPS) is 11.7. The van der Waals surface area contributed by atoms with E-state index in [0.29, 0.717) is 5.52 Å². The lowest BCUT2D eigenvalue weighted by atomic mass is 10.2. The Morgan fingerprint density at radius 3 is 2.48 bits per heavy atom. The van der Waals surface area contributed by atoms with Gasteiger partial charge in [-0.1, -0.05) is 6.07 Å². The van der Waals surface area contributed by atoms with Gasteiger partial charge in [-0.15, -0.1) is 0 Å². The van der Waals surface area contributed by atoms with E-state index in [0.717, 1.165) is 0 Å². The summed E-state index contributed by atoms with van der Waals surface area (Å²) in [4.78, 5) is 35.2. The van der Waals surface area contributed by atoms with Crippen LogP contribution in [0.25, 0.3) is 11.0 Å². The van der Waals surface area contributed by atoms with Gasteiger partial charge in [-0.25, -0.2) is 4.79 Å². The summed E-state index contributed by atoms with van der Waals surface area (Å²) in [6.45, 7) is 6.88. The monoisotopic (exact) mass is 321 g/mol. The van der Waals surface area contributed by atoms with Gasteiger partial charge in [0.1, 0.15) is 17.7 Å². The average molecular weight is 321 g/mol. The summed E-state index contributed by atoms with van der Waals surface area (Å²) in [5.74, 6) is -0.568. The molecule has 0 unspecified atom stereocenters. The number of nitrogens with zero attached hydrogens (tertiary/aromatic N) is 3. The molecule has 1 aromatic carbocycles. The number of benzene rings is 1. The van der Waals surface area contributed by atoms with E-state index in [9.17, 15) is 19.7 Å². The molecule has 8 heteroatoms. The Bertz CT molecular complexity index is 826. The van der Waals surface area contributed by atoms with Gasteiger partial charge < -0.3 is 4.74 Å². The highest BCUT2D eigenvalue weighted by Crippen LogP contribution is 2.25. The molecule has 0 saturated carbocycles. The van der Waals surface area contributed by atoms with Crippen LogP contribution in [0.1, 0.15) is 27.7 Å². The van der Waals surface area contributed by atoms with Crippen LogP contribution in [0.4, 0.5) is 5.69 Å². The first-order chi connectivity index (χ1) is 10.7. The van der Waals surface area contributed by atoms with E-state index in [1.54, 1.807) is 33.8 Å². The number of carbonyl (C=O) groups is 1. The Labute approximate surface area is 132 Å². The van der Waals surface area contributed by atoms with Gasteiger partial charge in [0.25, 0.3) is 5.69 Å². The summed E-state index contributed by atoms with van der Waals surface area (Å²) in [6, 6.07) is 4.41. The molecule has 0 bridgehead atoms. The van der Waals surface area contributed by atoms with E-state index in [1.807, 2.05) is 0 Å². The number of rotatable bonds is 4. The van der Waals surface area contributed by atoms with Crippen LogP contribution in [0.5, 0.6) is 0 Å². The molecule has 23 heavy (non-hydrogen) atoms. The van der Waals surface area contributed by atoms with Crippen molar-refractivity contribution in [3.63, 3.8) is 0 Å². The van der Waals surface area contributed by atoms with Crippen LogP contribution in [0.3, 0.4) is 0 Å². The van der Waals surface area contributed by atoms with Crippen molar-refractivity contribution in [2.75, 3.05) is 0 Å². The maximum absolute atomic E-state index is 12.5. The highest BCUT2D eigenvalue weighted by Gasteiger charge is 2.24. The molecule has 0 N–H and O–H groups in total. The molecule has 2 rings (SSSR count). The summed E-state index contributed by atoms with van der Waals surface area (Å²) in [5.41, 5.74) is -0.743. The Kier molecular flexibility index (Phi) is 4.26. The van der Waals surface area contributed by atoms with Crippen molar-refractivity contribution in [1.29, 1.82) is 0 Å². The van der Waals surface area contributed by atoms with Crippen molar-refractivity contribution in [2.24, 2.45) is 0 Å². The Hall–Kier alpha value is -2.64. The van der Waals surface area contributed by atoms with Crippen LogP contribution in [-0.2, 0) is 22.6 Å². The van der Waals surface area contributed by atoms with Gasteiger partial charge in [-0.3, -0.25) is 24.0 Å². The van der Waals surface area contributed by atoms with Crippen LogP contribution in [0.15, 0.2) is 23.0 Å². The topological polar surface area (TPSA) is 96.4 Å². The van der Waals surface area contributed by atoms with Crippen molar-refractivity contribution in [3.8, 4) is 0 Å². The van der Waals surface area contributed by atoms with Gasteiger partial charge >= 0.3 is 11.7 Å². The van der Waals surface area contributed by atoms with Crippen LogP contribution < -0.4 is 5.69 Å². The van der Waals surface area contributed by atoms with E-state index in [2.05, 4.69) is 0 Å². The molecule has 0 saturated heterocycles. The molecule has 0 amide bonds. The number of hydrogen-bond acceptors (Lipinski definition) is 5. The standard InChI is InChI=1S/C15H19N3O5/c1-5-16-13-10(7-6-8-11(13)18(21)22)17(14(16)20)9-12(19)23-15(2,3)4/h6-8H,5,9H2,1-4H3. The number of aryl methyl sites for hydroxylation is 1. The summed E-state index contributed by atoms with van der Waals surface area (Å²) in [6.07, 6.45) is 0. The average Bonchev–Trinajstić information content (AvgIpc) is 2.69. The minimum atomic E-state index is -0.671. The number of carbonyl (C=O) groups excluding carboxylic acids is 1. The number of aromatic nitrogens is 2. The van der Waals surface area contributed by atoms with Crippen molar-refractivity contribution in [1.82, 2.24) is 9.13 Å². The molecule has 8 nitrogen and oxygen atoms in total. The molecule has 1 heterocycles. The molecule has 0 aliphatic heterocycles. The fourth-order valence-electron chi connectivity index (χ4n) is 2.45. The summed E-state index contributed by atoms with van der Waals surface area (Å²) in [5, 5.41) is 11.2. The number of para-hydroxylation sites is 1. The van der Waals surface area contributed by atoms with Crippen molar-refractivity contribution < 1.29 is 14.5 Å². The molecule has 0 atom stereocenters. The van der Waals surface area contributed by atoms with Crippen LogP contribution >= 0.6 is 0 Å². The predicted octanol–water partition coefficient (Wildman–Crippen LogP) is 2.07. The minimum absolute atomic E-state index is 0.163. The summed E-state index contributed by atoms with van der Waals surface area (Å²) < 4.78 is 7.72. The second-order valence-corrected chi connectivity index (χ2v) is 6.10. The van der Waals surface area contributed by atoms with Gasteiger partial charge in [0.2, 0.25) is 0 Å². The summed E-state index contributed by atoms with van der Waals surface area (Å²) in [7, 11) is 0. The maximum Gasteiger partial charge on any atom is 0.329 e. The summed E-state index contributed by atoms with van der Waals surface area (Å²) >= 11 is 0. The quantitative estimate of drug-likeness (QED) is 0.488. The number of hydrogen-bond donors (Lipinski definition) is 0. The number of non-ortho nitro benzene ring substituents is 1. The zero-order chi connectivity index (χ0) is 17.4. The van der Waals surface area contributed by atoms with Gasteiger partial charge in [-0.05, 0) is 33.8 Å². The third-order valence-electron chi connectivity index (χ3n) is 3.24. The predicted molar refractivity (Wildman–Crippen MR) is 84.4 cm³/mol. The first kappa shape index (κ1) is 16.7. The van der Waals surface area contributed by atoms with E-state index in [1.165, 1.54) is 21.3 Å². The number of nitro groups is 1. The number of ether oxygens (including phenoxy) is 1. The molecule has 0 spiro atoms. The van der Waals surface area contributed by atoms with Gasteiger partial charge in [0.05, 0.1) is 10.4 Å². The first-order valence-electron chi connectivity index (χ1n) is 7.24. The lowest BCUT2D eigenvalue weighted by Crippen LogP contribution is -2.31. The fourth-order valence-corrected chi connectivity index (χ4v) is 2.45. The zero-order valence-electron chi connectivity index (χ0n) is 13.5. The van der Waals surface area contributed by atoms with Gasteiger partial charge in [0.15, 0.2) is 0 Å². The molecular formula is C15H19N3O5. The van der Waals surface area contributed by atoms with Crippen molar-refractivity contribution in [3.05, 3.63) is 38.8 Å². The molecule has 124 valence electrons. The van der Waals surface area contributed by atoms with Crippen molar-refractivity contribution in [2.45, 2.75) is 46.4 Å². The number of imidazole rings is 1. The lowest BCUT2D eigenvalue weighted by molar-refractivity contribution is -0.383. The third kappa shape index (κ3) is 3.25. The zero-order valence-corrected chi connectivity index (χ0v) is 13.5. The molecule has 2 aromatic rings. The largest absolute Gasteiger partial charge is 0.459 e. The van der Waals surface area contributed by atoms with E-state index >= 15 is 0 Å². The molecule has 0 fully saturated rings. The maximum atomic E-state index is 12.5. The minimum Gasteiger partial charge on any atom is -0.459 e. The smallest absolute Gasteiger partial charge is 0.329 e. The SMILES string of the molecule is CCn1c(=O)n(CC(=O)OC(C)(C)C)c2cccc([N+](=O)[O-])c21. The fraction of sp³-hybridized carbons (Fsp3) is 0.467. The van der Waals surface area contributed by atoms with E-state index in [4.69, 9.17) is 4.74 Å². The number of esters is 1. The second kappa shape index (κ2) is 5.86. The molecule has 0 radical (unpaired) electrons. The van der Waals surface area contributed by atoms with Crippen LogP contribution in [0, 0.1) is 10.1 Å². The Morgan fingerprint density at radius 2 is 1.96 bits per heavy atom. The molecule has 1 aromatic heterocycles. The van der Waals surface area contributed by atoms with E-state index < -0.39 is 22.2 Å². The molecular weight excluding hydrogens is 302 g/mol. The van der Waals surface area contributed by atoms with E-state index in [-0.39, 0.29) is 24.3 Å². The number of nitro benzene ring substituents is 1. The molecule has 0 aliphatic rings. The highest BCUT2D eigenvalue weighted by atomic mass is 16.6. The first-order valence-corrected chi connectivity index (χ1v) is 7.24. The van der Waals surface area contributed by atoms with Crippen molar-refractivity contribution >= 4 is 22.7 Å². The highest BCUT2D eigenvalue weighted by molar-refractivity contribution is 5.86. The van der Waals surface area contributed by atoms with Crippen LogP contribution in [-0.4, -0.2) is 25.6 Å². The Morgan fingerprint density at radius 1 is 1.30 bits per heavy atom. The number of fused-ring (bicyclic) bond motifs is 1. The molecule has 0 aliphatic carbocycles. The Balaban J connectivity index is 2.60. The second-order valence-electron chi connectivity index (χ2n) is 6.10. The van der Waals surface area contributed by atoms with Gasteiger partial charge in [0, 0.05) is 12.6 Å². The third-order valence-corrected chi connectivity index (χ3v) is 3.24.